The Morgan fingerprint density at radius 3 is 2.15 bits per heavy atom. The number of para-hydroxylation sites is 1. The lowest BCUT2D eigenvalue weighted by molar-refractivity contribution is 0.394. The fourth-order valence-corrected chi connectivity index (χ4v) is 2.76. The van der Waals surface area contributed by atoms with Gasteiger partial charge in [-0.3, -0.25) is 0 Å². The Bertz CT molecular complexity index is 871. The number of halogens is 1. The van der Waals surface area contributed by atoms with Crippen molar-refractivity contribution >= 4 is 23.0 Å². The van der Waals surface area contributed by atoms with Crippen molar-refractivity contribution in [3.63, 3.8) is 0 Å². The maximum absolute atomic E-state index is 6.14. The van der Waals surface area contributed by atoms with Crippen molar-refractivity contribution < 1.29 is 14.2 Å². The molecule has 0 radical (unpaired) electrons. The predicted molar refractivity (Wildman–Crippen MR) is 109 cm³/mol. The number of nitrogens with two attached hydrogens (primary N) is 1. The van der Waals surface area contributed by atoms with E-state index in [-0.39, 0.29) is 0 Å². The zero-order valence-electron chi connectivity index (χ0n) is 15.2. The molecule has 0 fully saturated rings. The van der Waals surface area contributed by atoms with Crippen molar-refractivity contribution in [3.05, 3.63) is 71.2 Å². The van der Waals surface area contributed by atoms with Crippen molar-refractivity contribution in [2.75, 3.05) is 25.3 Å². The number of hydrogen-bond acceptors (Lipinski definition) is 5. The summed E-state index contributed by atoms with van der Waals surface area (Å²) < 4.78 is 16.4. The average molecular weight is 385 g/mol. The molecule has 5 nitrogen and oxygen atoms in total. The molecule has 0 bridgehead atoms. The molecule has 0 spiro atoms. The van der Waals surface area contributed by atoms with Crippen LogP contribution >= 0.6 is 11.6 Å². The monoisotopic (exact) mass is 384 g/mol. The zero-order valence-corrected chi connectivity index (χ0v) is 15.9. The van der Waals surface area contributed by atoms with Gasteiger partial charge in [-0.05, 0) is 29.8 Å². The first-order chi connectivity index (χ1) is 13.1. The Hall–Kier alpha value is -3.05. The summed E-state index contributed by atoms with van der Waals surface area (Å²) in [6, 6.07) is 18.7. The van der Waals surface area contributed by atoms with Gasteiger partial charge in [0.1, 0.15) is 17.2 Å². The lowest BCUT2D eigenvalue weighted by Crippen LogP contribution is -2.00. The Labute approximate surface area is 163 Å². The Balaban J connectivity index is 1.66. The molecular weight excluding hydrogens is 364 g/mol. The molecule has 27 heavy (non-hydrogen) atoms. The van der Waals surface area contributed by atoms with Crippen LogP contribution in [0.5, 0.6) is 23.0 Å². The molecule has 3 aromatic carbocycles. The fraction of sp³-hybridized carbons (Fsp3) is 0.143. The van der Waals surface area contributed by atoms with Crippen LogP contribution in [0.4, 0.5) is 11.4 Å². The molecule has 0 amide bonds. The quantitative estimate of drug-likeness (QED) is 0.538. The van der Waals surface area contributed by atoms with E-state index < -0.39 is 0 Å². The van der Waals surface area contributed by atoms with Crippen molar-refractivity contribution in [1.82, 2.24) is 0 Å². The van der Waals surface area contributed by atoms with E-state index in [0.29, 0.717) is 28.8 Å². The molecule has 0 saturated carbocycles. The van der Waals surface area contributed by atoms with Crippen molar-refractivity contribution in [1.29, 1.82) is 0 Å². The summed E-state index contributed by atoms with van der Waals surface area (Å²) in [5, 5.41) is 3.84. The molecule has 0 unspecified atom stereocenters. The van der Waals surface area contributed by atoms with Gasteiger partial charge in [-0.15, -0.1) is 0 Å². The number of anilines is 2. The van der Waals surface area contributed by atoms with Crippen molar-refractivity contribution in [2.24, 2.45) is 0 Å². The lowest BCUT2D eigenvalue weighted by Gasteiger charge is -2.12. The van der Waals surface area contributed by atoms with E-state index in [4.69, 9.17) is 31.5 Å². The minimum Gasteiger partial charge on any atom is -0.497 e. The summed E-state index contributed by atoms with van der Waals surface area (Å²) in [6.45, 7) is 0.644. The second-order valence-corrected chi connectivity index (χ2v) is 6.27. The third-order valence-electron chi connectivity index (χ3n) is 3.99. The van der Waals surface area contributed by atoms with Crippen molar-refractivity contribution in [3.8, 4) is 23.0 Å². The summed E-state index contributed by atoms with van der Waals surface area (Å²) in [6.07, 6.45) is 0. The van der Waals surface area contributed by atoms with E-state index in [1.165, 1.54) is 0 Å². The van der Waals surface area contributed by atoms with Crippen LogP contribution in [-0.4, -0.2) is 14.2 Å². The Kier molecular flexibility index (Phi) is 5.94. The van der Waals surface area contributed by atoms with Gasteiger partial charge in [-0.1, -0.05) is 29.8 Å². The summed E-state index contributed by atoms with van der Waals surface area (Å²) in [4.78, 5) is 0. The highest BCUT2D eigenvalue weighted by atomic mass is 35.5. The molecule has 3 aromatic rings. The van der Waals surface area contributed by atoms with Crippen LogP contribution in [0.1, 0.15) is 5.56 Å². The number of benzene rings is 3. The molecule has 0 aliphatic carbocycles. The molecule has 140 valence electrons. The zero-order chi connectivity index (χ0) is 19.2. The highest BCUT2D eigenvalue weighted by molar-refractivity contribution is 6.32. The third kappa shape index (κ3) is 4.77. The molecule has 0 atom stereocenters. The van der Waals surface area contributed by atoms with Gasteiger partial charge in [0, 0.05) is 30.4 Å². The van der Waals surface area contributed by atoms with E-state index in [9.17, 15) is 0 Å². The summed E-state index contributed by atoms with van der Waals surface area (Å²) in [5.74, 6) is 2.60. The second kappa shape index (κ2) is 8.56. The Morgan fingerprint density at radius 2 is 1.56 bits per heavy atom. The fourth-order valence-electron chi connectivity index (χ4n) is 2.54. The van der Waals surface area contributed by atoms with Gasteiger partial charge >= 0.3 is 0 Å². The average Bonchev–Trinajstić information content (AvgIpc) is 2.70. The summed E-state index contributed by atoms with van der Waals surface area (Å²) >= 11 is 6.14. The van der Waals surface area contributed by atoms with Crippen molar-refractivity contribution in [2.45, 2.75) is 6.54 Å². The number of hydrogen-bond donors (Lipinski definition) is 2. The van der Waals surface area contributed by atoms with Crippen LogP contribution in [0.3, 0.4) is 0 Å². The van der Waals surface area contributed by atoms with Gasteiger partial charge < -0.3 is 25.3 Å². The number of nitrogens with one attached hydrogen (secondary N) is 1. The number of ether oxygens (including phenoxy) is 3. The molecule has 0 aromatic heterocycles. The van der Waals surface area contributed by atoms with E-state index in [1.807, 2.05) is 42.5 Å². The minimum absolute atomic E-state index is 0.466. The molecule has 0 aliphatic rings. The molecule has 0 aliphatic heterocycles. The number of rotatable bonds is 7. The molecular formula is C21H21ClN2O3. The van der Waals surface area contributed by atoms with Crippen LogP contribution in [0.15, 0.2) is 60.7 Å². The van der Waals surface area contributed by atoms with Crippen LogP contribution in [-0.2, 0) is 6.54 Å². The standard InChI is InChI=1S/C21H21ClN2O3/c1-25-17-10-15(11-18(12-17)26-2)24-13-14-6-8-16(9-7-14)27-21-19(22)4-3-5-20(21)23/h3-12,24H,13,23H2,1-2H3. The number of methoxy groups -OCH3 is 2. The summed E-state index contributed by atoms with van der Waals surface area (Å²) in [5.41, 5.74) is 8.42. The van der Waals surface area contributed by atoms with Gasteiger partial charge in [0.15, 0.2) is 5.75 Å². The molecule has 0 saturated heterocycles. The van der Waals surface area contributed by atoms with Gasteiger partial charge in [-0.25, -0.2) is 0 Å². The SMILES string of the molecule is COc1cc(NCc2ccc(Oc3c(N)cccc3Cl)cc2)cc(OC)c1. The summed E-state index contributed by atoms with van der Waals surface area (Å²) in [7, 11) is 3.26. The molecule has 6 heteroatoms. The topological polar surface area (TPSA) is 65.7 Å². The maximum Gasteiger partial charge on any atom is 0.168 e. The van der Waals surface area contributed by atoms with Gasteiger partial charge in [0.2, 0.25) is 0 Å². The smallest absolute Gasteiger partial charge is 0.168 e. The minimum atomic E-state index is 0.466. The molecule has 3 rings (SSSR count). The van der Waals surface area contributed by atoms with E-state index in [2.05, 4.69) is 5.32 Å². The highest BCUT2D eigenvalue weighted by Gasteiger charge is 2.07. The molecule has 3 N–H and O–H groups in total. The highest BCUT2D eigenvalue weighted by Crippen LogP contribution is 2.34. The van der Waals surface area contributed by atoms with Crippen LogP contribution < -0.4 is 25.3 Å². The van der Waals surface area contributed by atoms with Gasteiger partial charge in [0.25, 0.3) is 0 Å². The lowest BCUT2D eigenvalue weighted by atomic mass is 10.2. The first-order valence-corrected chi connectivity index (χ1v) is 8.74. The molecule has 0 heterocycles. The van der Waals surface area contributed by atoms with E-state index >= 15 is 0 Å². The maximum atomic E-state index is 6.14. The van der Waals surface area contributed by atoms with Crippen LogP contribution in [0.2, 0.25) is 5.02 Å². The number of nitrogen functional groups attached to an aromatic ring is 1. The predicted octanol–water partition coefficient (Wildman–Crippen LogP) is 5.34. The Morgan fingerprint density at radius 1 is 0.889 bits per heavy atom. The van der Waals surface area contributed by atoms with Crippen LogP contribution in [0.25, 0.3) is 0 Å². The third-order valence-corrected chi connectivity index (χ3v) is 4.29. The first kappa shape index (κ1) is 18.7. The largest absolute Gasteiger partial charge is 0.497 e. The normalized spacial score (nSPS) is 10.3. The van der Waals surface area contributed by atoms with E-state index in [1.54, 1.807) is 32.4 Å². The van der Waals surface area contributed by atoms with Gasteiger partial charge in [0.05, 0.1) is 24.9 Å². The van der Waals surface area contributed by atoms with Crippen LogP contribution in [0, 0.1) is 0 Å². The van der Waals surface area contributed by atoms with Gasteiger partial charge in [-0.2, -0.15) is 0 Å². The second-order valence-electron chi connectivity index (χ2n) is 5.86. The first-order valence-electron chi connectivity index (χ1n) is 8.37. The van der Waals surface area contributed by atoms with E-state index in [0.717, 1.165) is 22.7 Å².